The van der Waals surface area contributed by atoms with E-state index in [1.807, 2.05) is 25.1 Å². The van der Waals surface area contributed by atoms with Crippen LogP contribution < -0.4 is 5.32 Å². The van der Waals surface area contributed by atoms with Crippen LogP contribution in [0.3, 0.4) is 0 Å². The van der Waals surface area contributed by atoms with Gasteiger partial charge in [-0.25, -0.2) is 0 Å². The average Bonchev–Trinajstić information content (AvgIpc) is 3.22. The molecule has 0 saturated heterocycles. The van der Waals surface area contributed by atoms with E-state index in [9.17, 15) is 9.59 Å². The fourth-order valence-corrected chi connectivity index (χ4v) is 3.71. The van der Waals surface area contributed by atoms with Crippen molar-refractivity contribution in [2.24, 2.45) is 17.8 Å². The maximum atomic E-state index is 12.1. The van der Waals surface area contributed by atoms with Crippen LogP contribution >= 0.6 is 0 Å². The number of esters is 1. The van der Waals surface area contributed by atoms with Crippen molar-refractivity contribution < 1.29 is 14.3 Å². The molecule has 4 unspecified atom stereocenters. The lowest BCUT2D eigenvalue weighted by molar-refractivity contribution is -0.153. The van der Waals surface area contributed by atoms with Gasteiger partial charge in [0, 0.05) is 6.04 Å². The van der Waals surface area contributed by atoms with Crippen LogP contribution in [0, 0.1) is 17.8 Å². The predicted octanol–water partition coefficient (Wildman–Crippen LogP) is 2.88. The molecule has 0 radical (unpaired) electrons. The Labute approximate surface area is 143 Å². The number of benzene rings is 1. The number of aryl methyl sites for hydroxylation is 1. The number of carbonyl (C=O) groups is 2. The van der Waals surface area contributed by atoms with E-state index < -0.39 is 0 Å². The number of rotatable bonds is 7. The number of fused-ring (bicyclic) bond motifs is 2. The van der Waals surface area contributed by atoms with Crippen molar-refractivity contribution in [3.05, 3.63) is 48.0 Å². The van der Waals surface area contributed by atoms with Crippen molar-refractivity contribution in [2.75, 3.05) is 6.61 Å². The van der Waals surface area contributed by atoms with E-state index in [4.69, 9.17) is 4.74 Å². The summed E-state index contributed by atoms with van der Waals surface area (Å²) in [5.41, 5.74) is 1.26. The van der Waals surface area contributed by atoms with Gasteiger partial charge in [0.2, 0.25) is 0 Å². The van der Waals surface area contributed by atoms with Crippen molar-refractivity contribution >= 4 is 11.9 Å². The van der Waals surface area contributed by atoms with Gasteiger partial charge in [-0.3, -0.25) is 9.59 Å². The molecule has 1 aromatic carbocycles. The van der Waals surface area contributed by atoms with Crippen LogP contribution in [0.1, 0.15) is 31.7 Å². The molecule has 0 heterocycles. The van der Waals surface area contributed by atoms with Crippen LogP contribution in [0.5, 0.6) is 0 Å². The van der Waals surface area contributed by atoms with E-state index in [0.717, 1.165) is 25.7 Å². The summed E-state index contributed by atoms with van der Waals surface area (Å²) in [5.74, 6) is 0.347. The topological polar surface area (TPSA) is 55.4 Å². The Morgan fingerprint density at radius 3 is 2.67 bits per heavy atom. The number of ether oxygens (including phenoxy) is 1. The third kappa shape index (κ3) is 4.25. The van der Waals surface area contributed by atoms with Crippen LogP contribution in [-0.4, -0.2) is 24.5 Å². The zero-order chi connectivity index (χ0) is 16.9. The Morgan fingerprint density at radius 1 is 1.21 bits per heavy atom. The van der Waals surface area contributed by atoms with Crippen LogP contribution in [0.4, 0.5) is 0 Å². The molecule has 1 N–H and O–H groups in total. The second-order valence-corrected chi connectivity index (χ2v) is 6.99. The SMILES string of the molecule is CC(CCc1ccccc1)NC(=O)COC(=O)C1CC2C=CC1C2. The Kier molecular flexibility index (Phi) is 5.34. The number of hydrogen-bond acceptors (Lipinski definition) is 3. The minimum absolute atomic E-state index is 0.0525. The average molecular weight is 327 g/mol. The smallest absolute Gasteiger partial charge is 0.310 e. The number of allylic oxidation sites excluding steroid dienone is 2. The van der Waals surface area contributed by atoms with Gasteiger partial charge in [-0.2, -0.15) is 0 Å². The molecule has 0 spiro atoms. The maximum Gasteiger partial charge on any atom is 0.310 e. The molecule has 128 valence electrons. The molecule has 1 fully saturated rings. The zero-order valence-corrected chi connectivity index (χ0v) is 14.1. The van der Waals surface area contributed by atoms with Gasteiger partial charge in [0.05, 0.1) is 5.92 Å². The molecule has 1 amide bonds. The highest BCUT2D eigenvalue weighted by Gasteiger charge is 2.40. The van der Waals surface area contributed by atoms with Crippen molar-refractivity contribution in [3.63, 3.8) is 0 Å². The van der Waals surface area contributed by atoms with E-state index in [0.29, 0.717) is 11.8 Å². The Hall–Kier alpha value is -2.10. The Morgan fingerprint density at radius 2 is 2.00 bits per heavy atom. The molecular formula is C20H25NO3. The zero-order valence-electron chi connectivity index (χ0n) is 14.1. The number of amides is 1. The summed E-state index contributed by atoms with van der Waals surface area (Å²) in [4.78, 5) is 24.0. The molecule has 0 aliphatic heterocycles. The van der Waals surface area contributed by atoms with Gasteiger partial charge < -0.3 is 10.1 Å². The third-order valence-electron chi connectivity index (χ3n) is 5.04. The van der Waals surface area contributed by atoms with Gasteiger partial charge >= 0.3 is 5.97 Å². The van der Waals surface area contributed by atoms with E-state index in [1.54, 1.807) is 0 Å². The van der Waals surface area contributed by atoms with Crippen LogP contribution in [0.25, 0.3) is 0 Å². The summed E-state index contributed by atoms with van der Waals surface area (Å²) in [6, 6.07) is 10.3. The van der Waals surface area contributed by atoms with Gasteiger partial charge in [0.15, 0.2) is 6.61 Å². The van der Waals surface area contributed by atoms with Gasteiger partial charge in [-0.05, 0) is 50.0 Å². The summed E-state index contributed by atoms with van der Waals surface area (Å²) in [6.45, 7) is 1.80. The fraction of sp³-hybridized carbons (Fsp3) is 0.500. The van der Waals surface area contributed by atoms with Crippen molar-refractivity contribution in [2.45, 2.75) is 38.6 Å². The maximum absolute atomic E-state index is 12.1. The summed E-state index contributed by atoms with van der Waals surface area (Å²) in [5, 5.41) is 2.90. The molecule has 2 aliphatic carbocycles. The second kappa shape index (κ2) is 7.65. The molecule has 3 rings (SSSR count). The monoisotopic (exact) mass is 327 g/mol. The van der Waals surface area contributed by atoms with Crippen molar-refractivity contribution in [1.29, 1.82) is 0 Å². The molecule has 2 bridgehead atoms. The van der Waals surface area contributed by atoms with Crippen LogP contribution in [0.15, 0.2) is 42.5 Å². The van der Waals surface area contributed by atoms with E-state index in [2.05, 4.69) is 29.6 Å². The minimum atomic E-state index is -0.223. The summed E-state index contributed by atoms with van der Waals surface area (Å²) in [7, 11) is 0. The molecule has 2 aliphatic rings. The summed E-state index contributed by atoms with van der Waals surface area (Å²) >= 11 is 0. The standard InChI is InChI=1S/C20H25NO3/c1-14(7-8-15-5-3-2-4-6-15)21-19(22)13-24-20(23)18-12-16-9-10-17(18)11-16/h2-6,9-10,14,16-18H,7-8,11-13H2,1H3,(H,21,22). The normalized spacial score (nSPS) is 25.5. The number of hydrogen-bond donors (Lipinski definition) is 1. The third-order valence-corrected chi connectivity index (χ3v) is 5.04. The summed E-state index contributed by atoms with van der Waals surface area (Å²) in [6.07, 6.45) is 8.01. The molecule has 1 aromatic rings. The molecular weight excluding hydrogens is 302 g/mol. The van der Waals surface area contributed by atoms with Gasteiger partial charge in [0.1, 0.15) is 0 Å². The van der Waals surface area contributed by atoms with Gasteiger partial charge in [-0.1, -0.05) is 42.5 Å². The van der Waals surface area contributed by atoms with Crippen molar-refractivity contribution in [1.82, 2.24) is 5.32 Å². The van der Waals surface area contributed by atoms with E-state index in [1.165, 1.54) is 5.56 Å². The fourth-order valence-electron chi connectivity index (χ4n) is 3.71. The highest BCUT2D eigenvalue weighted by molar-refractivity contribution is 5.81. The Bertz CT molecular complexity index is 611. The van der Waals surface area contributed by atoms with Crippen LogP contribution in [0.2, 0.25) is 0 Å². The van der Waals surface area contributed by atoms with E-state index >= 15 is 0 Å². The molecule has 24 heavy (non-hydrogen) atoms. The van der Waals surface area contributed by atoms with Crippen LogP contribution in [-0.2, 0) is 20.7 Å². The first-order chi connectivity index (χ1) is 11.6. The summed E-state index contributed by atoms with van der Waals surface area (Å²) < 4.78 is 5.22. The molecule has 4 nitrogen and oxygen atoms in total. The predicted molar refractivity (Wildman–Crippen MR) is 92.2 cm³/mol. The first-order valence-corrected chi connectivity index (χ1v) is 8.80. The number of carbonyl (C=O) groups excluding carboxylic acids is 2. The second-order valence-electron chi connectivity index (χ2n) is 6.99. The largest absolute Gasteiger partial charge is 0.455 e. The highest BCUT2D eigenvalue weighted by atomic mass is 16.5. The molecule has 4 atom stereocenters. The lowest BCUT2D eigenvalue weighted by Gasteiger charge is -2.17. The lowest BCUT2D eigenvalue weighted by Crippen LogP contribution is -2.37. The first kappa shape index (κ1) is 16.7. The van der Waals surface area contributed by atoms with E-state index in [-0.39, 0.29) is 30.4 Å². The highest BCUT2D eigenvalue weighted by Crippen LogP contribution is 2.43. The lowest BCUT2D eigenvalue weighted by atomic mass is 9.94. The minimum Gasteiger partial charge on any atom is -0.455 e. The van der Waals surface area contributed by atoms with Gasteiger partial charge in [0.25, 0.3) is 5.91 Å². The first-order valence-electron chi connectivity index (χ1n) is 8.80. The van der Waals surface area contributed by atoms with Gasteiger partial charge in [-0.15, -0.1) is 0 Å². The molecule has 4 heteroatoms. The Balaban J connectivity index is 1.34. The molecule has 0 aromatic heterocycles. The van der Waals surface area contributed by atoms with Crippen molar-refractivity contribution in [3.8, 4) is 0 Å². The molecule has 1 saturated carbocycles. The quantitative estimate of drug-likeness (QED) is 0.619. The number of nitrogens with one attached hydrogen (secondary N) is 1.